The molecule has 0 aromatic heterocycles. The van der Waals surface area contributed by atoms with E-state index in [2.05, 4.69) is 0 Å². The van der Waals surface area contributed by atoms with Crippen LogP contribution in [0, 0.1) is 29.6 Å². The Morgan fingerprint density at radius 3 is 1.55 bits per heavy atom. The Bertz CT molecular complexity index is 772. The zero-order valence-electron chi connectivity index (χ0n) is 17.9. The molecular formula is C21H25F9O3. The van der Waals surface area contributed by atoms with Gasteiger partial charge in [0.2, 0.25) is 0 Å². The Morgan fingerprint density at radius 1 is 0.788 bits per heavy atom. The van der Waals surface area contributed by atoms with E-state index in [9.17, 15) is 49.4 Å². The van der Waals surface area contributed by atoms with Crippen LogP contribution >= 0.6 is 0 Å². The third-order valence-corrected chi connectivity index (χ3v) is 8.52. The minimum atomic E-state index is -6.75. The number of rotatable bonds is 5. The first-order valence-corrected chi connectivity index (χ1v) is 11.0. The molecule has 0 saturated heterocycles. The maximum Gasteiger partial charge on any atom is 0.381 e. The molecule has 0 amide bonds. The first-order valence-electron chi connectivity index (χ1n) is 11.0. The van der Waals surface area contributed by atoms with Gasteiger partial charge in [-0.2, -0.15) is 35.1 Å². The van der Waals surface area contributed by atoms with Crippen LogP contribution in [0.15, 0.2) is 0 Å². The van der Waals surface area contributed by atoms with Crippen molar-refractivity contribution in [2.75, 3.05) is 0 Å². The molecule has 0 aromatic rings. The molecule has 190 valence electrons. The highest BCUT2D eigenvalue weighted by molar-refractivity contribution is 5.75. The van der Waals surface area contributed by atoms with Gasteiger partial charge in [-0.25, -0.2) is 9.18 Å². The van der Waals surface area contributed by atoms with Crippen molar-refractivity contribution in [3.63, 3.8) is 0 Å². The van der Waals surface area contributed by atoms with E-state index in [1.54, 1.807) is 13.8 Å². The van der Waals surface area contributed by atoms with Gasteiger partial charge in [0, 0.05) is 6.42 Å². The van der Waals surface area contributed by atoms with Crippen LogP contribution in [0.3, 0.4) is 0 Å². The van der Waals surface area contributed by atoms with E-state index in [0.29, 0.717) is 37.5 Å². The highest BCUT2D eigenvalue weighted by Gasteiger charge is 3.00. The second-order valence-corrected chi connectivity index (χ2v) is 10.6. The van der Waals surface area contributed by atoms with Gasteiger partial charge in [-0.05, 0) is 61.7 Å². The van der Waals surface area contributed by atoms with Crippen molar-refractivity contribution in [2.24, 2.45) is 29.6 Å². The van der Waals surface area contributed by atoms with Gasteiger partial charge < -0.3 is 9.84 Å². The summed E-state index contributed by atoms with van der Waals surface area (Å²) < 4.78 is 130. The van der Waals surface area contributed by atoms with Crippen molar-refractivity contribution < 1.29 is 54.2 Å². The third kappa shape index (κ3) is 2.78. The Labute approximate surface area is 184 Å². The summed E-state index contributed by atoms with van der Waals surface area (Å²) in [6, 6.07) is 0. The smallest absolute Gasteiger partial charge is 0.381 e. The predicted molar refractivity (Wildman–Crippen MR) is 95.0 cm³/mol. The summed E-state index contributed by atoms with van der Waals surface area (Å²) >= 11 is 0. The van der Waals surface area contributed by atoms with Crippen LogP contribution < -0.4 is 0 Å². The van der Waals surface area contributed by atoms with E-state index in [1.807, 2.05) is 0 Å². The topological polar surface area (TPSA) is 46.5 Å². The number of esters is 1. The van der Waals surface area contributed by atoms with E-state index < -0.39 is 53.5 Å². The summed E-state index contributed by atoms with van der Waals surface area (Å²) in [5.74, 6) is -28.2. The first-order chi connectivity index (χ1) is 14.9. The van der Waals surface area contributed by atoms with Crippen molar-refractivity contribution in [2.45, 2.75) is 93.4 Å². The lowest BCUT2D eigenvalue weighted by Crippen LogP contribution is -2.63. The number of halogens is 9. The number of alkyl halides is 9. The van der Waals surface area contributed by atoms with Crippen LogP contribution in [0.5, 0.6) is 0 Å². The number of carbonyl (C=O) groups is 1. The lowest BCUT2D eigenvalue weighted by Gasteiger charge is -2.62. The number of hydrogen-bond acceptors (Lipinski definition) is 3. The largest absolute Gasteiger partial charge is 0.456 e. The quantitative estimate of drug-likeness (QED) is 0.410. The standard InChI is InChI=1S/C21H25F9O3/c1-9(2)17(12-4-10-3-11(6-12)7-13(17)5-10)33-15(32)14(31)8-16(22)18(23,24)20(27,28)21(29,30)19(16,25)26/h9-14,31H,3-8H2,1-2H3. The van der Waals surface area contributed by atoms with Crippen LogP contribution in [0.2, 0.25) is 0 Å². The van der Waals surface area contributed by atoms with E-state index >= 15 is 0 Å². The molecule has 4 bridgehead atoms. The summed E-state index contributed by atoms with van der Waals surface area (Å²) in [4.78, 5) is 12.6. The number of hydrogen-bond donors (Lipinski definition) is 1. The highest BCUT2D eigenvalue weighted by atomic mass is 19.4. The van der Waals surface area contributed by atoms with Crippen LogP contribution in [0.25, 0.3) is 0 Å². The molecule has 5 aliphatic rings. The number of aliphatic hydroxyl groups is 1. The molecule has 5 aliphatic carbocycles. The molecule has 33 heavy (non-hydrogen) atoms. The van der Waals surface area contributed by atoms with Crippen LogP contribution in [0.4, 0.5) is 39.5 Å². The summed E-state index contributed by atoms with van der Waals surface area (Å²) in [7, 11) is 0. The van der Waals surface area contributed by atoms with Gasteiger partial charge in [0.15, 0.2) is 6.10 Å². The summed E-state index contributed by atoms with van der Waals surface area (Å²) in [5, 5.41) is 10.0. The molecule has 5 fully saturated rings. The molecule has 0 radical (unpaired) electrons. The van der Waals surface area contributed by atoms with Crippen molar-refractivity contribution in [3.05, 3.63) is 0 Å². The molecule has 0 heterocycles. The van der Waals surface area contributed by atoms with Gasteiger partial charge in [0.05, 0.1) is 0 Å². The molecule has 0 spiro atoms. The number of carbonyl (C=O) groups excluding carboxylic acids is 1. The lowest BCUT2D eigenvalue weighted by atomic mass is 9.47. The molecule has 0 aliphatic heterocycles. The minimum absolute atomic E-state index is 0.160. The van der Waals surface area contributed by atoms with E-state index in [0.717, 1.165) is 6.42 Å². The van der Waals surface area contributed by atoms with Gasteiger partial charge in [0.25, 0.3) is 5.67 Å². The Kier molecular flexibility index (Phi) is 5.24. The fourth-order valence-corrected chi connectivity index (χ4v) is 7.09. The van der Waals surface area contributed by atoms with Crippen molar-refractivity contribution in [1.82, 2.24) is 0 Å². The maximum absolute atomic E-state index is 14.8. The van der Waals surface area contributed by atoms with Crippen molar-refractivity contribution >= 4 is 5.97 Å². The zero-order valence-corrected chi connectivity index (χ0v) is 17.9. The molecule has 3 nitrogen and oxygen atoms in total. The number of ether oxygens (including phenoxy) is 1. The molecule has 1 atom stereocenters. The molecule has 1 N–H and O–H groups in total. The van der Waals surface area contributed by atoms with E-state index in [-0.39, 0.29) is 17.8 Å². The average molecular weight is 496 g/mol. The van der Waals surface area contributed by atoms with E-state index in [1.165, 1.54) is 0 Å². The van der Waals surface area contributed by atoms with Gasteiger partial charge in [0.1, 0.15) is 5.60 Å². The van der Waals surface area contributed by atoms with Gasteiger partial charge >= 0.3 is 29.7 Å². The van der Waals surface area contributed by atoms with Crippen LogP contribution in [-0.2, 0) is 9.53 Å². The summed E-state index contributed by atoms with van der Waals surface area (Å²) in [6.45, 7) is 3.44. The van der Waals surface area contributed by atoms with Gasteiger partial charge in [-0.1, -0.05) is 13.8 Å². The Morgan fingerprint density at radius 2 is 1.18 bits per heavy atom. The molecule has 5 rings (SSSR count). The fourth-order valence-electron chi connectivity index (χ4n) is 7.09. The third-order valence-electron chi connectivity index (χ3n) is 8.52. The minimum Gasteiger partial charge on any atom is -0.456 e. The lowest BCUT2D eigenvalue weighted by molar-refractivity contribution is -0.303. The normalized spacial score (nSPS) is 41.8. The second kappa shape index (κ2) is 6.94. The van der Waals surface area contributed by atoms with Gasteiger partial charge in [-0.15, -0.1) is 0 Å². The predicted octanol–water partition coefficient (Wildman–Crippen LogP) is 5.39. The summed E-state index contributed by atoms with van der Waals surface area (Å²) in [5.41, 5.74) is -7.07. The SMILES string of the molecule is CC(C)C1(OC(=O)C(O)CC2(F)C(F)(F)C(F)(F)C(F)(F)C2(F)F)C2CC3CC(C2)CC1C3. The monoisotopic (exact) mass is 496 g/mol. The molecule has 1 unspecified atom stereocenters. The van der Waals surface area contributed by atoms with Crippen LogP contribution in [-0.4, -0.2) is 52.1 Å². The molecule has 0 aromatic carbocycles. The van der Waals surface area contributed by atoms with Crippen molar-refractivity contribution in [3.8, 4) is 0 Å². The summed E-state index contributed by atoms with van der Waals surface area (Å²) in [6.07, 6.45) is -1.97. The number of aliphatic hydroxyl groups excluding tert-OH is 1. The van der Waals surface area contributed by atoms with E-state index in [4.69, 9.17) is 4.74 Å². The average Bonchev–Trinajstić information content (AvgIpc) is 2.72. The highest BCUT2D eigenvalue weighted by Crippen LogP contribution is 2.70. The Balaban J connectivity index is 1.60. The first kappa shape index (κ1) is 24.9. The van der Waals surface area contributed by atoms with Crippen LogP contribution in [0.1, 0.15) is 52.4 Å². The fraction of sp³-hybridized carbons (Fsp3) is 0.952. The molecule has 12 heteroatoms. The molecular weight excluding hydrogens is 471 g/mol. The second-order valence-electron chi connectivity index (χ2n) is 10.6. The van der Waals surface area contributed by atoms with Crippen molar-refractivity contribution in [1.29, 1.82) is 0 Å². The maximum atomic E-state index is 14.8. The van der Waals surface area contributed by atoms with Gasteiger partial charge in [-0.3, -0.25) is 0 Å². The zero-order chi connectivity index (χ0) is 25.0. The Hall–Kier alpha value is -1.20. The molecule has 5 saturated carbocycles.